The molecule has 1 aliphatic rings. The third-order valence-corrected chi connectivity index (χ3v) is 4.41. The lowest BCUT2D eigenvalue weighted by Crippen LogP contribution is -2.68. The van der Waals surface area contributed by atoms with Gasteiger partial charge in [0.15, 0.2) is 0 Å². The van der Waals surface area contributed by atoms with Crippen molar-refractivity contribution < 1.29 is 43.0 Å². The summed E-state index contributed by atoms with van der Waals surface area (Å²) in [5.41, 5.74) is 3.47. The molecule has 0 atom stereocenters. The molecule has 1 aliphatic heterocycles. The van der Waals surface area contributed by atoms with Gasteiger partial charge in [0.05, 0.1) is 24.5 Å². The maximum Gasteiger partial charge on any atom is 0.390 e. The van der Waals surface area contributed by atoms with Crippen LogP contribution in [0.4, 0.5) is 5.69 Å². The Bertz CT molecular complexity index is 1210. The molecule has 8 heteroatoms. The molecule has 0 bridgehead atoms. The summed E-state index contributed by atoms with van der Waals surface area (Å²) in [6, 6.07) is 19.7. The van der Waals surface area contributed by atoms with Crippen LogP contribution in [-0.4, -0.2) is 22.8 Å². The molecule has 0 aliphatic carbocycles. The number of rotatable bonds is 2. The lowest BCUT2D eigenvalue weighted by molar-refractivity contribution is -2.00. The maximum atomic E-state index is 12.4. The molecule has 31 heavy (non-hydrogen) atoms. The van der Waals surface area contributed by atoms with E-state index in [-0.39, 0.29) is 5.91 Å². The van der Waals surface area contributed by atoms with Crippen LogP contribution >= 0.6 is 0 Å². The summed E-state index contributed by atoms with van der Waals surface area (Å²) in [6.45, 7) is 4.13. The summed E-state index contributed by atoms with van der Waals surface area (Å²) >= 11 is 0. The first kappa shape index (κ1) is 22.4. The normalized spacial score (nSPS) is 12.1. The quantitative estimate of drug-likeness (QED) is 0.393. The predicted molar refractivity (Wildman–Crippen MR) is 103 cm³/mol. The van der Waals surface area contributed by atoms with Crippen molar-refractivity contribution in [1.82, 2.24) is 0 Å². The fourth-order valence-corrected chi connectivity index (χ4v) is 3.37. The minimum absolute atomic E-state index is 0.0518. The fraction of sp³-hybridized carbons (Fsp3) is 0.130. The molecule has 3 aromatic rings. The molecular formula is C23H18ClNO6. The van der Waals surface area contributed by atoms with Crippen LogP contribution in [-0.2, 0) is 4.79 Å². The van der Waals surface area contributed by atoms with Gasteiger partial charge in [-0.2, -0.15) is 0 Å². The Labute approximate surface area is 181 Å². The maximum absolute atomic E-state index is 12.4. The Morgan fingerprint density at radius 3 is 2.26 bits per heavy atom. The van der Waals surface area contributed by atoms with E-state index in [1.807, 2.05) is 67.6 Å². The van der Waals surface area contributed by atoms with Crippen molar-refractivity contribution in [3.8, 4) is 17.6 Å². The zero-order valence-electron chi connectivity index (χ0n) is 16.8. The molecule has 4 rings (SSSR count). The van der Waals surface area contributed by atoms with Crippen LogP contribution in [0.2, 0.25) is 0 Å². The van der Waals surface area contributed by atoms with Gasteiger partial charge in [-0.05, 0) is 31.2 Å². The molecule has 0 spiro atoms. The predicted octanol–water partition coefficient (Wildman–Crippen LogP) is -0.473. The lowest BCUT2D eigenvalue weighted by Gasteiger charge is -2.17. The van der Waals surface area contributed by atoms with Gasteiger partial charge in [0, 0.05) is 22.9 Å². The molecule has 0 radical (unpaired) electrons. The van der Waals surface area contributed by atoms with Crippen LogP contribution in [0, 0.1) is 22.1 Å². The molecule has 0 aromatic heterocycles. The Morgan fingerprint density at radius 2 is 1.65 bits per heavy atom. The van der Waals surface area contributed by atoms with Crippen LogP contribution in [0.3, 0.4) is 0 Å². The number of hydrogen-bond acceptors (Lipinski definition) is 6. The van der Waals surface area contributed by atoms with E-state index in [1.54, 1.807) is 11.5 Å². The first-order chi connectivity index (χ1) is 14.7. The summed E-state index contributed by atoms with van der Waals surface area (Å²) < 4.78 is 41.4. The van der Waals surface area contributed by atoms with Gasteiger partial charge in [-0.15, -0.1) is 14.8 Å². The third-order valence-electron chi connectivity index (χ3n) is 4.41. The van der Waals surface area contributed by atoms with E-state index >= 15 is 0 Å². The molecule has 0 unspecified atom stereocenters. The second kappa shape index (κ2) is 9.27. The number of amides is 1. The molecule has 0 saturated heterocycles. The van der Waals surface area contributed by atoms with E-state index in [9.17, 15) is 4.79 Å². The van der Waals surface area contributed by atoms with Gasteiger partial charge in [0.1, 0.15) is 5.75 Å². The standard InChI is InChI=1S/C23H18NO2.ClHO4/c1-3-26-22-15-13-18-20(14-12-17-8-5-4-6-9-17)24(16(2)25)21-11-7-10-19(22)23(18)21;2-1(3,4)5/h4-11,13,15H,3H2,1-2H3;(H,2,3,4,5)/q+1;/p-1. The van der Waals surface area contributed by atoms with Gasteiger partial charge in [0.2, 0.25) is 5.69 Å². The third kappa shape index (κ3) is 5.27. The van der Waals surface area contributed by atoms with E-state index < -0.39 is 10.2 Å². The van der Waals surface area contributed by atoms with Crippen molar-refractivity contribution in [3.63, 3.8) is 0 Å². The first-order valence-electron chi connectivity index (χ1n) is 9.26. The van der Waals surface area contributed by atoms with E-state index in [4.69, 9.17) is 23.4 Å². The molecule has 7 nitrogen and oxygen atoms in total. The molecule has 0 saturated carbocycles. The van der Waals surface area contributed by atoms with E-state index in [2.05, 4.69) is 11.8 Å². The zero-order chi connectivity index (χ0) is 22.6. The smallest absolute Gasteiger partial charge is 0.390 e. The van der Waals surface area contributed by atoms with Crippen molar-refractivity contribution in [2.45, 2.75) is 13.8 Å². The SMILES string of the molecule is CCOc1ccc2c3c(cccc13)[N+](C(C)=O)=C2C#Cc1ccccc1.[O-][Cl+3]([O-])([O-])[O-]. The fourth-order valence-electron chi connectivity index (χ4n) is 3.37. The van der Waals surface area contributed by atoms with Crippen LogP contribution in [0.25, 0.3) is 10.8 Å². The summed E-state index contributed by atoms with van der Waals surface area (Å²) in [5, 5.41) is 2.02. The Balaban J connectivity index is 0.000000491. The van der Waals surface area contributed by atoms with Gasteiger partial charge >= 0.3 is 5.91 Å². The van der Waals surface area contributed by atoms with Crippen molar-refractivity contribution in [2.75, 3.05) is 6.61 Å². The van der Waals surface area contributed by atoms with E-state index in [0.29, 0.717) is 6.61 Å². The number of benzene rings is 3. The molecule has 158 valence electrons. The van der Waals surface area contributed by atoms with Crippen molar-refractivity contribution in [3.05, 3.63) is 71.8 Å². The van der Waals surface area contributed by atoms with Crippen LogP contribution in [0.1, 0.15) is 25.0 Å². The lowest BCUT2D eigenvalue weighted by atomic mass is 10.0. The Kier molecular flexibility index (Phi) is 6.71. The zero-order valence-corrected chi connectivity index (χ0v) is 17.5. The van der Waals surface area contributed by atoms with E-state index in [1.165, 1.54) is 0 Å². The number of hydrogen-bond donors (Lipinski definition) is 0. The van der Waals surface area contributed by atoms with Gasteiger partial charge in [0.25, 0.3) is 5.71 Å². The second-order valence-corrected chi connectivity index (χ2v) is 7.20. The molecular weight excluding hydrogens is 422 g/mol. The van der Waals surface area contributed by atoms with Gasteiger partial charge < -0.3 is 4.74 Å². The number of carbonyl (C=O) groups is 1. The van der Waals surface area contributed by atoms with Gasteiger partial charge in [-0.3, -0.25) is 0 Å². The minimum Gasteiger partial charge on any atom is -0.493 e. The average Bonchev–Trinajstić information content (AvgIpc) is 3.03. The van der Waals surface area contributed by atoms with Crippen molar-refractivity contribution in [1.29, 1.82) is 0 Å². The summed E-state index contributed by atoms with van der Waals surface area (Å²) in [5.74, 6) is 7.17. The highest BCUT2D eigenvalue weighted by Gasteiger charge is 2.35. The largest absolute Gasteiger partial charge is 0.493 e. The number of ether oxygens (including phenoxy) is 1. The topological polar surface area (TPSA) is 122 Å². The summed E-state index contributed by atoms with van der Waals surface area (Å²) in [7, 11) is -4.94. The van der Waals surface area contributed by atoms with Crippen LogP contribution in [0.15, 0.2) is 60.7 Å². The average molecular weight is 440 g/mol. The summed E-state index contributed by atoms with van der Waals surface area (Å²) in [6.07, 6.45) is 0. The van der Waals surface area contributed by atoms with Gasteiger partial charge in [-0.25, -0.2) is 23.4 Å². The van der Waals surface area contributed by atoms with Crippen LogP contribution < -0.4 is 23.4 Å². The first-order valence-corrected chi connectivity index (χ1v) is 10.5. The number of nitrogens with zero attached hydrogens (tertiary/aromatic N) is 1. The highest BCUT2D eigenvalue weighted by atomic mass is 35.7. The molecule has 1 amide bonds. The Hall–Kier alpha value is -3.25. The molecule has 3 aromatic carbocycles. The van der Waals surface area contributed by atoms with Crippen LogP contribution in [0.5, 0.6) is 5.75 Å². The minimum atomic E-state index is -4.94. The molecule has 0 fully saturated rings. The van der Waals surface area contributed by atoms with Crippen molar-refractivity contribution >= 4 is 28.1 Å². The highest BCUT2D eigenvalue weighted by Crippen LogP contribution is 2.39. The highest BCUT2D eigenvalue weighted by molar-refractivity contribution is 6.24. The molecule has 0 N–H and O–H groups in total. The number of carbonyl (C=O) groups excluding carboxylic acids is 1. The van der Waals surface area contributed by atoms with E-state index in [0.717, 1.165) is 39.0 Å². The second-order valence-electron chi connectivity index (χ2n) is 6.44. The Morgan fingerprint density at radius 1 is 0.968 bits per heavy atom. The van der Waals surface area contributed by atoms with Crippen molar-refractivity contribution in [2.24, 2.45) is 0 Å². The summed E-state index contributed by atoms with van der Waals surface area (Å²) in [4.78, 5) is 12.4. The molecule has 1 heterocycles. The monoisotopic (exact) mass is 439 g/mol. The number of halogens is 1. The van der Waals surface area contributed by atoms with Gasteiger partial charge in [-0.1, -0.05) is 36.3 Å².